The Morgan fingerprint density at radius 3 is 2.76 bits per heavy atom. The van der Waals surface area contributed by atoms with Crippen molar-refractivity contribution in [2.24, 2.45) is 0 Å². The van der Waals surface area contributed by atoms with Gasteiger partial charge in [0.2, 0.25) is 0 Å². The number of imidazole rings is 1. The second-order valence-corrected chi connectivity index (χ2v) is 4.63. The molecule has 21 heavy (non-hydrogen) atoms. The molecule has 0 aliphatic heterocycles. The summed E-state index contributed by atoms with van der Waals surface area (Å²) < 4.78 is 1.80. The van der Waals surface area contributed by atoms with E-state index in [1.54, 1.807) is 16.8 Å². The molecule has 0 atom stereocenters. The Kier molecular flexibility index (Phi) is 3.10. The van der Waals surface area contributed by atoms with Gasteiger partial charge in [0.1, 0.15) is 11.9 Å². The van der Waals surface area contributed by atoms with Crippen molar-refractivity contribution >= 4 is 11.0 Å². The lowest BCUT2D eigenvalue weighted by molar-refractivity contribution is 0.915. The van der Waals surface area contributed by atoms with Gasteiger partial charge in [0.05, 0.1) is 29.1 Å². The Balaban J connectivity index is 2.40. The number of aromatic nitrogens is 3. The Morgan fingerprint density at radius 2 is 2.00 bits per heavy atom. The van der Waals surface area contributed by atoms with Crippen LogP contribution in [0.25, 0.3) is 16.9 Å². The molecular weight excluding hydrogens is 262 g/mol. The zero-order valence-electron chi connectivity index (χ0n) is 11.4. The molecule has 0 amide bonds. The normalized spacial score (nSPS) is 10.2. The molecule has 2 aromatic heterocycles. The van der Waals surface area contributed by atoms with E-state index in [2.05, 4.69) is 22.1 Å². The van der Waals surface area contributed by atoms with E-state index in [-0.39, 0.29) is 6.42 Å². The van der Waals surface area contributed by atoms with Crippen LogP contribution in [-0.4, -0.2) is 14.5 Å². The molecule has 0 radical (unpaired) electrons. The van der Waals surface area contributed by atoms with Gasteiger partial charge in [-0.15, -0.1) is 0 Å². The first-order chi connectivity index (χ1) is 10.3. The van der Waals surface area contributed by atoms with Crippen molar-refractivity contribution < 1.29 is 0 Å². The van der Waals surface area contributed by atoms with Crippen LogP contribution in [-0.2, 0) is 6.42 Å². The third-order valence-electron chi connectivity index (χ3n) is 3.33. The third kappa shape index (κ3) is 2.01. The largest absolute Gasteiger partial charge is 0.278 e. The summed E-state index contributed by atoms with van der Waals surface area (Å²) >= 11 is 0. The van der Waals surface area contributed by atoms with E-state index in [9.17, 15) is 5.26 Å². The number of fused-ring (bicyclic) bond motifs is 1. The maximum Gasteiger partial charge on any atom is 0.156 e. The third-order valence-corrected chi connectivity index (χ3v) is 3.33. The highest BCUT2D eigenvalue weighted by Crippen LogP contribution is 2.23. The predicted molar refractivity (Wildman–Crippen MR) is 77.6 cm³/mol. The van der Waals surface area contributed by atoms with Gasteiger partial charge in [0.15, 0.2) is 5.82 Å². The molecule has 0 saturated carbocycles. The van der Waals surface area contributed by atoms with E-state index in [0.29, 0.717) is 17.2 Å². The van der Waals surface area contributed by atoms with E-state index in [1.807, 2.05) is 31.2 Å². The quantitative estimate of drug-likeness (QED) is 0.719. The summed E-state index contributed by atoms with van der Waals surface area (Å²) in [4.78, 5) is 8.81. The van der Waals surface area contributed by atoms with Crippen molar-refractivity contribution in [2.75, 3.05) is 0 Å². The maximum absolute atomic E-state index is 9.40. The molecule has 0 bridgehead atoms. The van der Waals surface area contributed by atoms with Crippen molar-refractivity contribution in [1.82, 2.24) is 14.5 Å². The van der Waals surface area contributed by atoms with Crippen molar-refractivity contribution in [3.8, 4) is 18.0 Å². The molecule has 0 fully saturated rings. The van der Waals surface area contributed by atoms with Crippen LogP contribution in [0.4, 0.5) is 0 Å². The Labute approximate surface area is 121 Å². The standard InChI is InChI=1S/C16H11N5/c1-11-7-9-19-16(12(11)10-18)21-14-5-3-2-4-13(14)20-15(21)6-8-17/h2-5,7,9H,6H2,1H3. The number of pyridine rings is 1. The van der Waals surface area contributed by atoms with Crippen LogP contribution in [0.1, 0.15) is 17.0 Å². The number of benzene rings is 1. The molecule has 0 saturated heterocycles. The molecule has 2 heterocycles. The molecule has 5 heteroatoms. The molecule has 0 N–H and O–H groups in total. The summed E-state index contributed by atoms with van der Waals surface area (Å²) in [5.74, 6) is 1.12. The minimum atomic E-state index is 0.162. The van der Waals surface area contributed by atoms with Crippen molar-refractivity contribution in [3.63, 3.8) is 0 Å². The van der Waals surface area contributed by atoms with E-state index >= 15 is 0 Å². The van der Waals surface area contributed by atoms with Gasteiger partial charge in [0.25, 0.3) is 0 Å². The average Bonchev–Trinajstić information content (AvgIpc) is 2.85. The van der Waals surface area contributed by atoms with Gasteiger partial charge < -0.3 is 0 Å². The first-order valence-corrected chi connectivity index (χ1v) is 6.45. The Morgan fingerprint density at radius 1 is 1.19 bits per heavy atom. The first kappa shape index (κ1) is 12.8. The molecule has 100 valence electrons. The second kappa shape index (κ2) is 5.07. The second-order valence-electron chi connectivity index (χ2n) is 4.63. The zero-order chi connectivity index (χ0) is 14.8. The van der Waals surface area contributed by atoms with E-state index in [1.165, 1.54) is 0 Å². The smallest absolute Gasteiger partial charge is 0.156 e. The van der Waals surface area contributed by atoms with E-state index in [4.69, 9.17) is 5.26 Å². The van der Waals surface area contributed by atoms with Gasteiger partial charge in [0, 0.05) is 6.20 Å². The Hall–Kier alpha value is -3.18. The summed E-state index contributed by atoms with van der Waals surface area (Å²) in [6.07, 6.45) is 1.83. The molecule has 5 nitrogen and oxygen atoms in total. The zero-order valence-corrected chi connectivity index (χ0v) is 11.4. The van der Waals surface area contributed by atoms with Crippen LogP contribution in [0, 0.1) is 29.6 Å². The van der Waals surface area contributed by atoms with E-state index < -0.39 is 0 Å². The van der Waals surface area contributed by atoms with Gasteiger partial charge in [-0.05, 0) is 30.7 Å². The molecule has 0 aliphatic carbocycles. The lowest BCUT2D eigenvalue weighted by Crippen LogP contribution is -2.06. The van der Waals surface area contributed by atoms with Crippen molar-refractivity contribution in [3.05, 3.63) is 53.5 Å². The first-order valence-electron chi connectivity index (χ1n) is 6.45. The van der Waals surface area contributed by atoms with E-state index in [0.717, 1.165) is 16.6 Å². The van der Waals surface area contributed by atoms with Crippen LogP contribution < -0.4 is 0 Å². The summed E-state index contributed by atoms with van der Waals surface area (Å²) in [5, 5.41) is 18.4. The maximum atomic E-state index is 9.40. The molecule has 0 spiro atoms. The fourth-order valence-electron chi connectivity index (χ4n) is 2.35. The van der Waals surface area contributed by atoms with Gasteiger partial charge in [-0.25, -0.2) is 9.97 Å². The fourth-order valence-corrected chi connectivity index (χ4v) is 2.35. The number of hydrogen-bond donors (Lipinski definition) is 0. The average molecular weight is 273 g/mol. The summed E-state index contributed by atoms with van der Waals surface area (Å²) in [6.45, 7) is 1.87. The summed E-state index contributed by atoms with van der Waals surface area (Å²) in [5.41, 5.74) is 2.98. The van der Waals surface area contributed by atoms with Crippen LogP contribution in [0.15, 0.2) is 36.5 Å². The fraction of sp³-hybridized carbons (Fsp3) is 0.125. The highest BCUT2D eigenvalue weighted by Gasteiger charge is 2.16. The van der Waals surface area contributed by atoms with Crippen molar-refractivity contribution in [2.45, 2.75) is 13.3 Å². The SMILES string of the molecule is Cc1ccnc(-n2c(CC#N)nc3ccccc32)c1C#N. The van der Waals surface area contributed by atoms with Gasteiger partial charge >= 0.3 is 0 Å². The predicted octanol–water partition coefficient (Wildman–Crippen LogP) is 2.67. The lowest BCUT2D eigenvalue weighted by atomic mass is 10.1. The Bertz CT molecular complexity index is 909. The number of aryl methyl sites for hydroxylation is 1. The monoisotopic (exact) mass is 273 g/mol. The molecule has 3 aromatic rings. The highest BCUT2D eigenvalue weighted by atomic mass is 15.1. The number of nitriles is 2. The van der Waals surface area contributed by atoms with Crippen LogP contribution in [0.3, 0.4) is 0 Å². The topological polar surface area (TPSA) is 78.3 Å². The molecular formula is C16H11N5. The number of hydrogen-bond acceptors (Lipinski definition) is 4. The summed E-state index contributed by atoms with van der Waals surface area (Å²) in [7, 11) is 0. The van der Waals surface area contributed by atoms with Gasteiger partial charge in [-0.3, -0.25) is 4.57 Å². The highest BCUT2D eigenvalue weighted by molar-refractivity contribution is 5.78. The molecule has 1 aromatic carbocycles. The van der Waals surface area contributed by atoms with Crippen molar-refractivity contribution in [1.29, 1.82) is 10.5 Å². The van der Waals surface area contributed by atoms with Crippen LogP contribution in [0.5, 0.6) is 0 Å². The number of para-hydroxylation sites is 2. The lowest BCUT2D eigenvalue weighted by Gasteiger charge is -2.09. The minimum absolute atomic E-state index is 0.162. The minimum Gasteiger partial charge on any atom is -0.278 e. The molecule has 3 rings (SSSR count). The van der Waals surface area contributed by atoms with Gasteiger partial charge in [-0.2, -0.15) is 10.5 Å². The number of rotatable bonds is 2. The van der Waals surface area contributed by atoms with Crippen LogP contribution >= 0.6 is 0 Å². The summed E-state index contributed by atoms with van der Waals surface area (Å²) in [6, 6.07) is 13.7. The van der Waals surface area contributed by atoms with Crippen LogP contribution in [0.2, 0.25) is 0 Å². The molecule has 0 unspecified atom stereocenters. The van der Waals surface area contributed by atoms with Gasteiger partial charge in [-0.1, -0.05) is 12.1 Å². The number of nitrogens with zero attached hydrogens (tertiary/aromatic N) is 5. The molecule has 0 aliphatic rings.